The molecule has 0 radical (unpaired) electrons. The lowest BCUT2D eigenvalue weighted by molar-refractivity contribution is 0.0665. The van der Waals surface area contributed by atoms with Crippen LogP contribution < -0.4 is 0 Å². The van der Waals surface area contributed by atoms with E-state index in [9.17, 15) is 18.7 Å². The van der Waals surface area contributed by atoms with E-state index < -0.39 is 6.43 Å². The van der Waals surface area contributed by atoms with Gasteiger partial charge in [-0.25, -0.2) is 18.3 Å². The van der Waals surface area contributed by atoms with E-state index in [0.717, 1.165) is 6.42 Å². The van der Waals surface area contributed by atoms with Crippen LogP contribution in [0.25, 0.3) is 5.78 Å². The van der Waals surface area contributed by atoms with Gasteiger partial charge in [-0.3, -0.25) is 9.78 Å². The minimum atomic E-state index is -2.72. The minimum absolute atomic E-state index is 0.121. The number of hydrogen-bond acceptors (Lipinski definition) is 6. The molecule has 1 N–H and O–H groups in total. The number of fused-ring (bicyclic) bond motifs is 1. The van der Waals surface area contributed by atoms with E-state index >= 15 is 0 Å². The van der Waals surface area contributed by atoms with Crippen molar-refractivity contribution < 1.29 is 18.7 Å². The van der Waals surface area contributed by atoms with Gasteiger partial charge in [0.2, 0.25) is 0 Å². The average molecular weight is 416 g/mol. The number of hydrogen-bond donors (Lipinski definition) is 1. The Hall–Kier alpha value is -3.01. The third kappa shape index (κ3) is 3.74. The average Bonchev–Trinajstić information content (AvgIpc) is 3.21. The van der Waals surface area contributed by atoms with E-state index in [1.165, 1.54) is 16.9 Å². The lowest BCUT2D eigenvalue weighted by Crippen LogP contribution is -2.42. The number of carbonyl (C=O) groups excluding carboxylic acids is 1. The highest BCUT2D eigenvalue weighted by molar-refractivity contribution is 5.94. The molecule has 0 bridgehead atoms. The Kier molecular flexibility index (Phi) is 5.42. The lowest BCUT2D eigenvalue weighted by Gasteiger charge is -2.37. The molecule has 0 aromatic carbocycles. The molecule has 2 atom stereocenters. The standard InChI is InChI=1S/C20H22F2N6O2/c1-11-3-4-27(19(30)13-5-12(2)25-14(6-13)9-29)8-15(11)17-7-16(18(21)22)26-20-23-10-24-28(17)20/h5-7,10-11,15,18,29H,3-4,8-9H2,1-2H3/t11-,15-/m1/s1. The number of aliphatic hydroxyl groups excluding tert-OH is 1. The maximum atomic E-state index is 13.4. The highest BCUT2D eigenvalue weighted by atomic mass is 19.3. The summed E-state index contributed by atoms with van der Waals surface area (Å²) in [6.45, 7) is 4.47. The third-order valence-electron chi connectivity index (χ3n) is 5.56. The molecule has 0 saturated carbocycles. The van der Waals surface area contributed by atoms with Crippen molar-refractivity contribution >= 4 is 11.7 Å². The summed E-state index contributed by atoms with van der Waals surface area (Å²) in [5.41, 5.74) is 1.75. The largest absolute Gasteiger partial charge is 0.390 e. The molecule has 1 aliphatic heterocycles. The van der Waals surface area contributed by atoms with E-state index in [4.69, 9.17) is 0 Å². The van der Waals surface area contributed by atoms with Gasteiger partial charge in [0.25, 0.3) is 18.1 Å². The molecule has 8 nitrogen and oxygen atoms in total. The minimum Gasteiger partial charge on any atom is -0.390 e. The molecule has 1 amide bonds. The Morgan fingerprint density at radius 1 is 1.30 bits per heavy atom. The van der Waals surface area contributed by atoms with Gasteiger partial charge >= 0.3 is 0 Å². The second-order valence-corrected chi connectivity index (χ2v) is 7.65. The Balaban J connectivity index is 1.68. The van der Waals surface area contributed by atoms with Crippen LogP contribution in [-0.4, -0.2) is 53.6 Å². The van der Waals surface area contributed by atoms with Gasteiger partial charge in [0.1, 0.15) is 12.0 Å². The number of aromatic nitrogens is 5. The first-order valence-corrected chi connectivity index (χ1v) is 9.73. The van der Waals surface area contributed by atoms with Crippen molar-refractivity contribution in [3.05, 3.63) is 52.9 Å². The van der Waals surface area contributed by atoms with E-state index in [0.29, 0.717) is 35.7 Å². The van der Waals surface area contributed by atoms with Crippen LogP contribution in [0.4, 0.5) is 8.78 Å². The Morgan fingerprint density at radius 2 is 2.10 bits per heavy atom. The van der Waals surface area contributed by atoms with Gasteiger partial charge < -0.3 is 10.0 Å². The van der Waals surface area contributed by atoms with Crippen LogP contribution in [0.2, 0.25) is 0 Å². The Labute approximate surface area is 171 Å². The number of nitrogens with zero attached hydrogens (tertiary/aromatic N) is 6. The zero-order valence-corrected chi connectivity index (χ0v) is 16.7. The van der Waals surface area contributed by atoms with E-state index in [-0.39, 0.29) is 35.8 Å². The number of pyridine rings is 1. The molecule has 3 aromatic rings. The number of alkyl halides is 2. The summed E-state index contributed by atoms with van der Waals surface area (Å²) in [7, 11) is 0. The Morgan fingerprint density at radius 3 is 2.83 bits per heavy atom. The zero-order chi connectivity index (χ0) is 21.4. The Bertz CT molecular complexity index is 1090. The molecule has 3 aromatic heterocycles. The molecule has 4 heterocycles. The number of piperidine rings is 1. The van der Waals surface area contributed by atoms with Crippen molar-refractivity contribution in [1.82, 2.24) is 29.5 Å². The molecule has 1 fully saturated rings. The summed E-state index contributed by atoms with van der Waals surface area (Å²) in [6.07, 6.45) is -0.720. The molecule has 30 heavy (non-hydrogen) atoms. The highest BCUT2D eigenvalue weighted by Gasteiger charge is 2.33. The molecule has 0 aliphatic carbocycles. The van der Waals surface area contributed by atoms with Crippen molar-refractivity contribution in [2.45, 2.75) is 39.2 Å². The number of aliphatic hydroxyl groups is 1. The predicted molar refractivity (Wildman–Crippen MR) is 103 cm³/mol. The predicted octanol–water partition coefficient (Wildman–Crippen LogP) is 2.52. The monoisotopic (exact) mass is 416 g/mol. The number of likely N-dealkylation sites (tertiary alicyclic amines) is 1. The van der Waals surface area contributed by atoms with E-state index in [1.807, 2.05) is 6.92 Å². The van der Waals surface area contributed by atoms with Gasteiger partial charge in [0.05, 0.1) is 18.0 Å². The van der Waals surface area contributed by atoms with Gasteiger partial charge in [0, 0.05) is 30.3 Å². The smallest absolute Gasteiger partial charge is 0.280 e. The molecular formula is C20H22F2N6O2. The first-order valence-electron chi connectivity index (χ1n) is 9.73. The maximum Gasteiger partial charge on any atom is 0.280 e. The van der Waals surface area contributed by atoms with Crippen molar-refractivity contribution in [2.24, 2.45) is 5.92 Å². The van der Waals surface area contributed by atoms with Crippen LogP contribution in [0.5, 0.6) is 0 Å². The van der Waals surface area contributed by atoms with Gasteiger partial charge in [-0.15, -0.1) is 0 Å². The summed E-state index contributed by atoms with van der Waals surface area (Å²) in [5, 5.41) is 13.5. The molecule has 158 valence electrons. The van der Waals surface area contributed by atoms with Crippen molar-refractivity contribution in [3.8, 4) is 0 Å². The normalized spacial score (nSPS) is 19.6. The number of aryl methyl sites for hydroxylation is 1. The van der Waals surface area contributed by atoms with Gasteiger partial charge in [-0.05, 0) is 37.5 Å². The maximum absolute atomic E-state index is 13.4. The van der Waals surface area contributed by atoms with Crippen LogP contribution in [-0.2, 0) is 6.61 Å². The van der Waals surface area contributed by atoms with Crippen LogP contribution in [0.15, 0.2) is 24.5 Å². The molecule has 0 unspecified atom stereocenters. The molecule has 4 rings (SSSR count). The molecule has 1 aliphatic rings. The molecule has 0 spiro atoms. The van der Waals surface area contributed by atoms with Gasteiger partial charge in [-0.2, -0.15) is 10.1 Å². The fourth-order valence-corrected chi connectivity index (χ4v) is 3.99. The van der Waals surface area contributed by atoms with Gasteiger partial charge in [0.15, 0.2) is 0 Å². The second kappa shape index (κ2) is 8.02. The summed E-state index contributed by atoms with van der Waals surface area (Å²) >= 11 is 0. The second-order valence-electron chi connectivity index (χ2n) is 7.65. The van der Waals surface area contributed by atoms with Crippen LogP contribution in [0.1, 0.15) is 58.8 Å². The van der Waals surface area contributed by atoms with E-state index in [1.54, 1.807) is 24.0 Å². The SMILES string of the molecule is Cc1cc(C(=O)N2CC[C@@H](C)[C@H](c3cc(C(F)F)nc4ncnn34)C2)cc(CO)n1. The summed E-state index contributed by atoms with van der Waals surface area (Å²) in [4.78, 5) is 26.9. The van der Waals surface area contributed by atoms with Crippen molar-refractivity contribution in [3.63, 3.8) is 0 Å². The lowest BCUT2D eigenvalue weighted by atomic mass is 9.84. The fraction of sp³-hybridized carbons (Fsp3) is 0.450. The highest BCUT2D eigenvalue weighted by Crippen LogP contribution is 2.34. The summed E-state index contributed by atoms with van der Waals surface area (Å²) in [5.74, 6) is -0.102. The van der Waals surface area contributed by atoms with Crippen LogP contribution in [0, 0.1) is 12.8 Å². The fourth-order valence-electron chi connectivity index (χ4n) is 3.99. The van der Waals surface area contributed by atoms with Crippen molar-refractivity contribution in [2.75, 3.05) is 13.1 Å². The number of halogens is 2. The summed E-state index contributed by atoms with van der Waals surface area (Å²) in [6, 6.07) is 4.63. The molecule has 10 heteroatoms. The number of amides is 1. The molecule has 1 saturated heterocycles. The topological polar surface area (TPSA) is 96.5 Å². The van der Waals surface area contributed by atoms with Crippen LogP contribution in [0.3, 0.4) is 0 Å². The quantitative estimate of drug-likeness (QED) is 0.702. The van der Waals surface area contributed by atoms with E-state index in [2.05, 4.69) is 20.1 Å². The zero-order valence-electron chi connectivity index (χ0n) is 16.7. The summed E-state index contributed by atoms with van der Waals surface area (Å²) < 4.78 is 28.2. The van der Waals surface area contributed by atoms with Gasteiger partial charge in [-0.1, -0.05) is 6.92 Å². The number of rotatable bonds is 4. The van der Waals surface area contributed by atoms with Crippen molar-refractivity contribution in [1.29, 1.82) is 0 Å². The number of carbonyl (C=O) groups is 1. The first kappa shape index (κ1) is 20.3. The van der Waals surface area contributed by atoms with Crippen LogP contribution >= 0.6 is 0 Å². The molecular weight excluding hydrogens is 394 g/mol. The first-order chi connectivity index (χ1) is 14.4. The third-order valence-corrected chi connectivity index (χ3v) is 5.56.